The minimum absolute atomic E-state index is 0.0474. The fourth-order valence-electron chi connectivity index (χ4n) is 3.89. The standard InChI is InChI=1S/C20H28N2O4/c1-25-19(23)7-4-12-26-16-10-8-15(9-11-16)21-20(24)18-13-14-5-2-3-6-17(14)22-18/h8-11,14,17-18,22H,2-7,12-13H2,1H3,(H,21,24). The molecule has 1 amide bonds. The number of methoxy groups -OCH3 is 1. The van der Waals surface area contributed by atoms with E-state index < -0.39 is 0 Å². The van der Waals surface area contributed by atoms with E-state index in [1.807, 2.05) is 24.3 Å². The van der Waals surface area contributed by atoms with Gasteiger partial charge in [-0.15, -0.1) is 0 Å². The van der Waals surface area contributed by atoms with Crippen LogP contribution in [0.5, 0.6) is 5.75 Å². The van der Waals surface area contributed by atoms with Crippen molar-refractivity contribution in [2.45, 2.75) is 57.0 Å². The van der Waals surface area contributed by atoms with Crippen molar-refractivity contribution in [2.75, 3.05) is 19.0 Å². The number of amides is 1. The summed E-state index contributed by atoms with van der Waals surface area (Å²) < 4.78 is 10.2. The SMILES string of the molecule is COC(=O)CCCOc1ccc(NC(=O)C2CC3CCCCC3N2)cc1. The molecule has 1 saturated heterocycles. The summed E-state index contributed by atoms with van der Waals surface area (Å²) in [6.45, 7) is 0.454. The minimum Gasteiger partial charge on any atom is -0.494 e. The summed E-state index contributed by atoms with van der Waals surface area (Å²) in [5, 5.41) is 6.49. The zero-order valence-corrected chi connectivity index (χ0v) is 15.3. The van der Waals surface area contributed by atoms with Crippen molar-refractivity contribution < 1.29 is 19.1 Å². The largest absolute Gasteiger partial charge is 0.494 e. The number of hydrogen-bond acceptors (Lipinski definition) is 5. The molecule has 3 atom stereocenters. The highest BCUT2D eigenvalue weighted by Crippen LogP contribution is 2.33. The van der Waals surface area contributed by atoms with Crippen LogP contribution in [0.3, 0.4) is 0 Å². The van der Waals surface area contributed by atoms with Gasteiger partial charge in [-0.05, 0) is 55.9 Å². The summed E-state index contributed by atoms with van der Waals surface area (Å²) in [5.41, 5.74) is 0.772. The predicted octanol–water partition coefficient (Wildman–Crippen LogP) is 2.88. The first-order chi connectivity index (χ1) is 12.7. The second-order valence-electron chi connectivity index (χ2n) is 7.15. The fourth-order valence-corrected chi connectivity index (χ4v) is 3.89. The maximum Gasteiger partial charge on any atom is 0.305 e. The Kier molecular flexibility index (Phi) is 6.50. The van der Waals surface area contributed by atoms with Crippen LogP contribution in [0.1, 0.15) is 44.9 Å². The number of ether oxygens (including phenoxy) is 2. The lowest BCUT2D eigenvalue weighted by Crippen LogP contribution is -2.39. The molecule has 0 bridgehead atoms. The first-order valence-electron chi connectivity index (χ1n) is 9.52. The molecule has 26 heavy (non-hydrogen) atoms. The Morgan fingerprint density at radius 3 is 2.69 bits per heavy atom. The van der Waals surface area contributed by atoms with Gasteiger partial charge in [0, 0.05) is 18.2 Å². The van der Waals surface area contributed by atoms with Gasteiger partial charge < -0.3 is 20.1 Å². The number of esters is 1. The molecule has 2 fully saturated rings. The van der Waals surface area contributed by atoms with Gasteiger partial charge >= 0.3 is 5.97 Å². The summed E-state index contributed by atoms with van der Waals surface area (Å²) in [7, 11) is 1.38. The normalized spacial score (nSPS) is 24.6. The monoisotopic (exact) mass is 360 g/mol. The molecule has 1 aromatic carbocycles. The quantitative estimate of drug-likeness (QED) is 0.578. The van der Waals surface area contributed by atoms with Gasteiger partial charge in [-0.1, -0.05) is 12.8 Å². The summed E-state index contributed by atoms with van der Waals surface area (Å²) in [6, 6.07) is 7.77. The van der Waals surface area contributed by atoms with Crippen LogP contribution in [0.4, 0.5) is 5.69 Å². The van der Waals surface area contributed by atoms with E-state index in [1.165, 1.54) is 32.8 Å². The molecule has 1 saturated carbocycles. The van der Waals surface area contributed by atoms with Gasteiger partial charge in [0.2, 0.25) is 5.91 Å². The van der Waals surface area contributed by atoms with Crippen molar-refractivity contribution >= 4 is 17.6 Å². The fraction of sp³-hybridized carbons (Fsp3) is 0.600. The van der Waals surface area contributed by atoms with Crippen molar-refractivity contribution in [3.8, 4) is 5.75 Å². The molecule has 0 aromatic heterocycles. The molecule has 142 valence electrons. The summed E-state index contributed by atoms with van der Waals surface area (Å²) in [5.74, 6) is 1.19. The van der Waals surface area contributed by atoms with Crippen molar-refractivity contribution in [1.82, 2.24) is 5.32 Å². The second kappa shape index (κ2) is 9.03. The van der Waals surface area contributed by atoms with Crippen LogP contribution in [-0.4, -0.2) is 37.7 Å². The zero-order chi connectivity index (χ0) is 18.4. The number of nitrogens with one attached hydrogen (secondary N) is 2. The Balaban J connectivity index is 1.42. The molecule has 2 N–H and O–H groups in total. The van der Waals surface area contributed by atoms with Crippen molar-refractivity contribution in [3.05, 3.63) is 24.3 Å². The Bertz CT molecular complexity index is 603. The highest BCUT2D eigenvalue weighted by Gasteiger charge is 2.38. The van der Waals surface area contributed by atoms with Crippen molar-refractivity contribution in [3.63, 3.8) is 0 Å². The number of carbonyl (C=O) groups excluding carboxylic acids is 2. The molecule has 3 rings (SSSR count). The molecule has 1 heterocycles. The van der Waals surface area contributed by atoms with Crippen molar-refractivity contribution in [1.29, 1.82) is 0 Å². The third-order valence-corrected chi connectivity index (χ3v) is 5.32. The summed E-state index contributed by atoms with van der Waals surface area (Å²) in [6.07, 6.45) is 6.89. The van der Waals surface area contributed by atoms with Crippen LogP contribution in [0, 0.1) is 5.92 Å². The lowest BCUT2D eigenvalue weighted by atomic mass is 9.85. The van der Waals surface area contributed by atoms with Crippen LogP contribution in [-0.2, 0) is 14.3 Å². The van der Waals surface area contributed by atoms with Crippen LogP contribution in [0.25, 0.3) is 0 Å². The first-order valence-corrected chi connectivity index (χ1v) is 9.52. The Morgan fingerprint density at radius 2 is 1.96 bits per heavy atom. The minimum atomic E-state index is -0.230. The van der Waals surface area contributed by atoms with Crippen LogP contribution < -0.4 is 15.4 Å². The lowest BCUT2D eigenvalue weighted by molar-refractivity contribution is -0.140. The zero-order valence-electron chi connectivity index (χ0n) is 15.3. The van der Waals surface area contributed by atoms with Gasteiger partial charge in [-0.2, -0.15) is 0 Å². The topological polar surface area (TPSA) is 76.7 Å². The molecule has 0 spiro atoms. The third kappa shape index (κ3) is 4.97. The van der Waals surface area contributed by atoms with Gasteiger partial charge in [0.1, 0.15) is 5.75 Å². The molecular formula is C20H28N2O4. The van der Waals surface area contributed by atoms with Gasteiger partial charge in [-0.25, -0.2) is 0 Å². The summed E-state index contributed by atoms with van der Waals surface area (Å²) >= 11 is 0. The van der Waals surface area contributed by atoms with Crippen LogP contribution in [0.2, 0.25) is 0 Å². The number of anilines is 1. The number of benzene rings is 1. The first kappa shape index (κ1) is 18.7. The molecule has 1 aliphatic carbocycles. The Hall–Kier alpha value is -2.08. The number of hydrogen-bond donors (Lipinski definition) is 2. The van der Waals surface area contributed by atoms with Gasteiger partial charge in [0.15, 0.2) is 0 Å². The molecule has 0 radical (unpaired) electrons. The molecule has 1 aromatic rings. The Morgan fingerprint density at radius 1 is 1.19 bits per heavy atom. The molecule has 3 unspecified atom stereocenters. The molecule has 1 aliphatic heterocycles. The maximum absolute atomic E-state index is 12.5. The number of carbonyl (C=O) groups is 2. The van der Waals surface area contributed by atoms with Crippen LogP contribution >= 0.6 is 0 Å². The van der Waals surface area contributed by atoms with E-state index in [2.05, 4.69) is 15.4 Å². The van der Waals surface area contributed by atoms with Gasteiger partial charge in [0.25, 0.3) is 0 Å². The van der Waals surface area contributed by atoms with E-state index in [0.29, 0.717) is 31.4 Å². The van der Waals surface area contributed by atoms with Gasteiger partial charge in [0.05, 0.1) is 19.8 Å². The number of fused-ring (bicyclic) bond motifs is 1. The highest BCUT2D eigenvalue weighted by atomic mass is 16.5. The molecule has 2 aliphatic rings. The molecule has 6 nitrogen and oxygen atoms in total. The second-order valence-corrected chi connectivity index (χ2v) is 7.15. The average molecular weight is 360 g/mol. The van der Waals surface area contributed by atoms with E-state index in [4.69, 9.17) is 4.74 Å². The molecule has 6 heteroatoms. The van der Waals surface area contributed by atoms with E-state index in [9.17, 15) is 9.59 Å². The van der Waals surface area contributed by atoms with E-state index >= 15 is 0 Å². The van der Waals surface area contributed by atoms with Crippen molar-refractivity contribution in [2.24, 2.45) is 5.92 Å². The summed E-state index contributed by atoms with van der Waals surface area (Å²) in [4.78, 5) is 23.5. The lowest BCUT2D eigenvalue weighted by Gasteiger charge is -2.24. The van der Waals surface area contributed by atoms with E-state index in [-0.39, 0.29) is 17.9 Å². The average Bonchev–Trinajstić information content (AvgIpc) is 3.10. The third-order valence-electron chi connectivity index (χ3n) is 5.32. The predicted molar refractivity (Wildman–Crippen MR) is 99.1 cm³/mol. The smallest absolute Gasteiger partial charge is 0.305 e. The number of rotatable bonds is 7. The van der Waals surface area contributed by atoms with Gasteiger partial charge in [-0.3, -0.25) is 9.59 Å². The maximum atomic E-state index is 12.5. The Labute approximate surface area is 154 Å². The molecular weight excluding hydrogens is 332 g/mol. The highest BCUT2D eigenvalue weighted by molar-refractivity contribution is 5.95. The van der Waals surface area contributed by atoms with E-state index in [1.54, 1.807) is 0 Å². The van der Waals surface area contributed by atoms with E-state index in [0.717, 1.165) is 17.9 Å². The van der Waals surface area contributed by atoms with Crippen LogP contribution in [0.15, 0.2) is 24.3 Å².